The minimum Gasteiger partial charge on any atom is -0.491 e. The van der Waals surface area contributed by atoms with Gasteiger partial charge in [-0.2, -0.15) is 0 Å². The highest BCUT2D eigenvalue weighted by molar-refractivity contribution is 7.99. The molecule has 0 bridgehead atoms. The highest BCUT2D eigenvalue weighted by atomic mass is 32.2. The number of aliphatic hydroxyl groups excluding tert-OH is 4. The molecule has 4 rings (SSSR count). The van der Waals surface area contributed by atoms with Crippen molar-refractivity contribution in [3.63, 3.8) is 0 Å². The second-order valence-corrected chi connectivity index (χ2v) is 10.2. The largest absolute Gasteiger partial charge is 0.491 e. The number of aromatic nitrogens is 4. The Morgan fingerprint density at radius 3 is 2.58 bits per heavy atom. The quantitative estimate of drug-likeness (QED) is 0.163. The summed E-state index contributed by atoms with van der Waals surface area (Å²) >= 11 is 1.14. The van der Waals surface area contributed by atoms with Gasteiger partial charge in [0.15, 0.2) is 28.4 Å². The standard InChI is InChI=1S/C24H31N5O8S/c1-12(2)8-36-23(34)13-3-5-15(6-4-13)35-9-14(31)10-38-24-28-17-20(25)26-11-27-21(17)29(24)22-19(33)18(32)16(7-30)37-22/h3-6,11-12,14,16,18-19,22,30-33H,7-10H2,1-2H3,(H2,25,26,27)/t14?,16-,18-,19-,22-/m1/s1. The molecule has 5 atom stereocenters. The summed E-state index contributed by atoms with van der Waals surface area (Å²) in [5, 5.41) is 41.1. The predicted molar refractivity (Wildman–Crippen MR) is 137 cm³/mol. The zero-order valence-electron chi connectivity index (χ0n) is 20.9. The number of hydrogen-bond donors (Lipinski definition) is 5. The summed E-state index contributed by atoms with van der Waals surface area (Å²) in [6.07, 6.45) is -4.45. The Morgan fingerprint density at radius 1 is 1.18 bits per heavy atom. The van der Waals surface area contributed by atoms with Gasteiger partial charge in [-0.05, 0) is 30.2 Å². The molecule has 1 aromatic carbocycles. The summed E-state index contributed by atoms with van der Waals surface area (Å²) in [7, 11) is 0. The number of carbonyl (C=O) groups excluding carboxylic acids is 1. The molecule has 38 heavy (non-hydrogen) atoms. The lowest BCUT2D eigenvalue weighted by Crippen LogP contribution is -2.33. The highest BCUT2D eigenvalue weighted by Gasteiger charge is 2.45. The first-order valence-electron chi connectivity index (χ1n) is 12.0. The van der Waals surface area contributed by atoms with Crippen LogP contribution in [0.1, 0.15) is 30.4 Å². The van der Waals surface area contributed by atoms with Crippen molar-refractivity contribution in [2.75, 3.05) is 31.3 Å². The van der Waals surface area contributed by atoms with Gasteiger partial charge in [0.05, 0.1) is 24.9 Å². The van der Waals surface area contributed by atoms with E-state index in [1.165, 1.54) is 10.9 Å². The van der Waals surface area contributed by atoms with Crippen molar-refractivity contribution in [1.29, 1.82) is 0 Å². The van der Waals surface area contributed by atoms with E-state index in [1.807, 2.05) is 13.8 Å². The first-order chi connectivity index (χ1) is 18.2. The molecule has 3 heterocycles. The van der Waals surface area contributed by atoms with Gasteiger partial charge < -0.3 is 40.4 Å². The van der Waals surface area contributed by atoms with Gasteiger partial charge in [0.2, 0.25) is 0 Å². The Bertz CT molecular complexity index is 1240. The average molecular weight is 550 g/mol. The van der Waals surface area contributed by atoms with Gasteiger partial charge in [0, 0.05) is 5.75 Å². The van der Waals surface area contributed by atoms with Gasteiger partial charge in [0.25, 0.3) is 0 Å². The number of rotatable bonds is 11. The van der Waals surface area contributed by atoms with Crippen LogP contribution in [0.25, 0.3) is 11.2 Å². The molecule has 0 saturated carbocycles. The Kier molecular flexibility index (Phi) is 9.02. The first kappa shape index (κ1) is 28.0. The summed E-state index contributed by atoms with van der Waals surface area (Å²) in [6, 6.07) is 6.42. The van der Waals surface area contributed by atoms with Crippen LogP contribution in [0.2, 0.25) is 0 Å². The zero-order valence-corrected chi connectivity index (χ0v) is 21.7. The fourth-order valence-corrected chi connectivity index (χ4v) is 4.68. The maximum Gasteiger partial charge on any atom is 0.338 e. The summed E-state index contributed by atoms with van der Waals surface area (Å²) < 4.78 is 18.0. The highest BCUT2D eigenvalue weighted by Crippen LogP contribution is 2.36. The van der Waals surface area contributed by atoms with Crippen molar-refractivity contribution in [3.05, 3.63) is 36.2 Å². The van der Waals surface area contributed by atoms with Crippen LogP contribution in [0, 0.1) is 5.92 Å². The molecule has 1 aliphatic rings. The molecule has 14 heteroatoms. The summed E-state index contributed by atoms with van der Waals surface area (Å²) in [5.41, 5.74) is 6.90. The Labute approximate surface area is 222 Å². The van der Waals surface area contributed by atoms with Crippen LogP contribution in [-0.2, 0) is 9.47 Å². The van der Waals surface area contributed by atoms with Crippen molar-refractivity contribution in [1.82, 2.24) is 19.5 Å². The molecule has 3 aromatic rings. The molecule has 0 aliphatic carbocycles. The van der Waals surface area contributed by atoms with Crippen LogP contribution in [0.15, 0.2) is 35.7 Å². The van der Waals surface area contributed by atoms with Crippen LogP contribution < -0.4 is 10.5 Å². The molecule has 206 valence electrons. The molecule has 13 nitrogen and oxygen atoms in total. The van der Waals surface area contributed by atoms with Crippen LogP contribution >= 0.6 is 11.8 Å². The van der Waals surface area contributed by atoms with Crippen molar-refractivity contribution in [3.8, 4) is 5.75 Å². The number of esters is 1. The Morgan fingerprint density at radius 2 is 1.92 bits per heavy atom. The van der Waals surface area contributed by atoms with Gasteiger partial charge in [-0.3, -0.25) is 4.57 Å². The van der Waals surface area contributed by atoms with Crippen LogP contribution in [0.5, 0.6) is 5.75 Å². The normalized spacial score (nSPS) is 22.2. The lowest BCUT2D eigenvalue weighted by molar-refractivity contribution is -0.0548. The number of imidazole rings is 1. The van der Waals surface area contributed by atoms with Crippen molar-refractivity contribution in [2.45, 2.75) is 49.6 Å². The SMILES string of the molecule is CC(C)COC(=O)c1ccc(OCC(O)CSc2nc3c(N)ncnc3n2[C@@H]2O[C@H](CO)[C@@H](O)[C@H]2O)cc1. The third kappa shape index (κ3) is 6.17. The van der Waals surface area contributed by atoms with Crippen molar-refractivity contribution in [2.24, 2.45) is 5.92 Å². The molecule has 6 N–H and O–H groups in total. The van der Waals surface area contributed by atoms with Gasteiger partial charge in [-0.1, -0.05) is 25.6 Å². The van der Waals surface area contributed by atoms with E-state index in [0.717, 1.165) is 11.8 Å². The minimum atomic E-state index is -1.36. The van der Waals surface area contributed by atoms with E-state index in [4.69, 9.17) is 19.9 Å². The molecular weight excluding hydrogens is 518 g/mol. The molecule has 1 unspecified atom stereocenters. The summed E-state index contributed by atoms with van der Waals surface area (Å²) in [6.45, 7) is 3.71. The molecule has 0 amide bonds. The van der Waals surface area contributed by atoms with Gasteiger partial charge in [0.1, 0.15) is 37.0 Å². The monoisotopic (exact) mass is 549 g/mol. The number of aliphatic hydroxyl groups is 4. The molecule has 0 spiro atoms. The average Bonchev–Trinajstić information content (AvgIpc) is 3.42. The fourth-order valence-electron chi connectivity index (χ4n) is 3.75. The topological polar surface area (TPSA) is 195 Å². The first-order valence-corrected chi connectivity index (χ1v) is 13.0. The number of benzene rings is 1. The van der Waals surface area contributed by atoms with E-state index in [9.17, 15) is 25.2 Å². The Hall–Kier alpha value is -3.01. The molecule has 1 saturated heterocycles. The van der Waals surface area contributed by atoms with Gasteiger partial charge in [-0.25, -0.2) is 19.7 Å². The number of nitrogens with two attached hydrogens (primary N) is 1. The van der Waals surface area contributed by atoms with E-state index < -0.39 is 43.2 Å². The minimum absolute atomic E-state index is 0.0415. The van der Waals surface area contributed by atoms with Crippen LogP contribution in [0.4, 0.5) is 5.82 Å². The third-order valence-corrected chi connectivity index (χ3v) is 6.83. The van der Waals surface area contributed by atoms with E-state index in [1.54, 1.807) is 24.3 Å². The molecular formula is C24H31N5O8S. The number of nitrogen functional groups attached to an aromatic ring is 1. The van der Waals surface area contributed by atoms with Crippen LogP contribution in [-0.4, -0.2) is 95.9 Å². The maximum absolute atomic E-state index is 12.0. The van der Waals surface area contributed by atoms with Gasteiger partial charge in [-0.15, -0.1) is 0 Å². The van der Waals surface area contributed by atoms with E-state index in [2.05, 4.69) is 15.0 Å². The lowest BCUT2D eigenvalue weighted by Gasteiger charge is -2.19. The second kappa shape index (κ2) is 12.2. The van der Waals surface area contributed by atoms with Crippen LogP contribution in [0.3, 0.4) is 0 Å². The Balaban J connectivity index is 1.40. The maximum atomic E-state index is 12.0. The molecule has 1 aliphatic heterocycles. The van der Waals surface area contributed by atoms with Gasteiger partial charge >= 0.3 is 5.97 Å². The number of nitrogens with zero attached hydrogens (tertiary/aromatic N) is 4. The number of thioether (sulfide) groups is 1. The lowest BCUT2D eigenvalue weighted by atomic mass is 10.1. The van der Waals surface area contributed by atoms with Crippen molar-refractivity contribution < 1.29 is 39.4 Å². The van der Waals surface area contributed by atoms with Crippen molar-refractivity contribution >= 4 is 34.7 Å². The molecule has 0 radical (unpaired) electrons. The number of carbonyl (C=O) groups is 1. The number of fused-ring (bicyclic) bond motifs is 1. The summed E-state index contributed by atoms with van der Waals surface area (Å²) in [5.74, 6) is 0.552. The fraction of sp³-hybridized carbons (Fsp3) is 0.500. The second-order valence-electron chi connectivity index (χ2n) is 9.22. The van der Waals surface area contributed by atoms with E-state index >= 15 is 0 Å². The number of ether oxygens (including phenoxy) is 3. The molecule has 2 aromatic heterocycles. The predicted octanol–water partition coefficient (Wildman–Crippen LogP) is 0.365. The van der Waals surface area contributed by atoms with E-state index in [-0.39, 0.29) is 35.3 Å². The zero-order chi connectivity index (χ0) is 27.4. The summed E-state index contributed by atoms with van der Waals surface area (Å²) in [4.78, 5) is 24.6. The third-order valence-electron chi connectivity index (χ3n) is 5.73. The van der Waals surface area contributed by atoms with E-state index in [0.29, 0.717) is 23.1 Å². The number of hydrogen-bond acceptors (Lipinski definition) is 13. The molecule has 1 fully saturated rings. The number of anilines is 1. The smallest absolute Gasteiger partial charge is 0.338 e.